The molecule has 0 aliphatic carbocycles. The molecule has 21 heavy (non-hydrogen) atoms. The van der Waals surface area contributed by atoms with E-state index in [1.807, 2.05) is 38.2 Å². The van der Waals surface area contributed by atoms with E-state index in [-0.39, 0.29) is 0 Å². The molecule has 3 aromatic rings. The number of nitrogens with zero attached hydrogens (tertiary/aromatic N) is 4. The Balaban J connectivity index is 1.77. The van der Waals surface area contributed by atoms with Gasteiger partial charge in [-0.3, -0.25) is 4.68 Å². The van der Waals surface area contributed by atoms with Crippen LogP contribution >= 0.6 is 0 Å². The first-order chi connectivity index (χ1) is 10.1. The van der Waals surface area contributed by atoms with Gasteiger partial charge in [0.2, 0.25) is 0 Å². The van der Waals surface area contributed by atoms with Gasteiger partial charge in [0.05, 0.1) is 29.0 Å². The molecule has 0 saturated carbocycles. The van der Waals surface area contributed by atoms with Crippen molar-refractivity contribution >= 4 is 16.9 Å². The number of rotatable bonds is 4. The van der Waals surface area contributed by atoms with Crippen molar-refractivity contribution in [2.45, 2.75) is 13.0 Å². The van der Waals surface area contributed by atoms with E-state index in [0.717, 1.165) is 22.3 Å². The number of nitrogens with one attached hydrogen (secondary N) is 1. The Hall–Kier alpha value is -2.47. The van der Waals surface area contributed by atoms with Crippen LogP contribution in [0.1, 0.15) is 17.4 Å². The van der Waals surface area contributed by atoms with Gasteiger partial charge in [0, 0.05) is 25.4 Å². The summed E-state index contributed by atoms with van der Waals surface area (Å²) < 4.78 is 1.67. The average molecular weight is 283 g/mol. The maximum atomic E-state index is 10.1. The van der Waals surface area contributed by atoms with Crippen LogP contribution in [-0.4, -0.2) is 31.4 Å². The number of aliphatic hydroxyl groups is 1. The van der Waals surface area contributed by atoms with Crippen molar-refractivity contribution in [2.24, 2.45) is 7.05 Å². The zero-order chi connectivity index (χ0) is 14.8. The monoisotopic (exact) mass is 283 g/mol. The van der Waals surface area contributed by atoms with E-state index in [9.17, 15) is 5.11 Å². The minimum atomic E-state index is -0.633. The molecule has 6 heteroatoms. The molecule has 6 nitrogen and oxygen atoms in total. The average Bonchev–Trinajstić information content (AvgIpc) is 2.91. The van der Waals surface area contributed by atoms with Crippen molar-refractivity contribution in [3.8, 4) is 0 Å². The fourth-order valence-electron chi connectivity index (χ4n) is 2.18. The zero-order valence-corrected chi connectivity index (χ0v) is 12.0. The van der Waals surface area contributed by atoms with E-state index in [1.165, 1.54) is 0 Å². The number of hydrogen-bond acceptors (Lipinski definition) is 5. The van der Waals surface area contributed by atoms with E-state index >= 15 is 0 Å². The number of aromatic nitrogens is 4. The first-order valence-corrected chi connectivity index (χ1v) is 6.77. The molecular weight excluding hydrogens is 266 g/mol. The smallest absolute Gasteiger partial charge is 0.148 e. The van der Waals surface area contributed by atoms with Crippen LogP contribution in [0, 0.1) is 6.92 Å². The lowest BCUT2D eigenvalue weighted by molar-refractivity contribution is 0.191. The maximum absolute atomic E-state index is 10.1. The SMILES string of the molecule is Cc1nc2ccccc2nc1NCC(O)c1cnn(C)c1. The third-order valence-corrected chi connectivity index (χ3v) is 3.32. The topological polar surface area (TPSA) is 75.9 Å². The van der Waals surface area contributed by atoms with Gasteiger partial charge in [-0.25, -0.2) is 9.97 Å². The Morgan fingerprint density at radius 1 is 1.24 bits per heavy atom. The van der Waals surface area contributed by atoms with Crippen LogP contribution in [0.4, 0.5) is 5.82 Å². The van der Waals surface area contributed by atoms with Gasteiger partial charge in [0.1, 0.15) is 5.82 Å². The van der Waals surface area contributed by atoms with Crippen LogP contribution in [0.25, 0.3) is 11.0 Å². The number of fused-ring (bicyclic) bond motifs is 1. The van der Waals surface area contributed by atoms with Gasteiger partial charge >= 0.3 is 0 Å². The molecule has 0 radical (unpaired) electrons. The van der Waals surface area contributed by atoms with Gasteiger partial charge < -0.3 is 10.4 Å². The third-order valence-electron chi connectivity index (χ3n) is 3.32. The van der Waals surface area contributed by atoms with Gasteiger partial charge in [-0.1, -0.05) is 12.1 Å². The molecule has 1 aromatic carbocycles. The normalized spacial score (nSPS) is 12.5. The van der Waals surface area contributed by atoms with Crippen molar-refractivity contribution in [3.05, 3.63) is 47.9 Å². The second kappa shape index (κ2) is 5.49. The summed E-state index contributed by atoms with van der Waals surface area (Å²) in [5.74, 6) is 0.691. The Labute approximate surface area is 122 Å². The largest absolute Gasteiger partial charge is 0.386 e. The second-order valence-electron chi connectivity index (χ2n) is 4.99. The van der Waals surface area contributed by atoms with Crippen LogP contribution in [0.2, 0.25) is 0 Å². The molecule has 2 heterocycles. The van der Waals surface area contributed by atoms with Gasteiger partial charge in [-0.2, -0.15) is 5.10 Å². The maximum Gasteiger partial charge on any atom is 0.148 e. The van der Waals surface area contributed by atoms with E-state index in [2.05, 4.69) is 20.4 Å². The van der Waals surface area contributed by atoms with Gasteiger partial charge in [-0.15, -0.1) is 0 Å². The Kier molecular flexibility index (Phi) is 3.53. The molecule has 3 rings (SSSR count). The van der Waals surface area contributed by atoms with Crippen LogP contribution < -0.4 is 5.32 Å². The van der Waals surface area contributed by atoms with Gasteiger partial charge in [-0.05, 0) is 19.1 Å². The highest BCUT2D eigenvalue weighted by Gasteiger charge is 2.11. The van der Waals surface area contributed by atoms with E-state index in [4.69, 9.17) is 0 Å². The van der Waals surface area contributed by atoms with Crippen molar-refractivity contribution in [1.82, 2.24) is 19.7 Å². The fraction of sp³-hybridized carbons (Fsp3) is 0.267. The Bertz CT molecular complexity index is 768. The first-order valence-electron chi connectivity index (χ1n) is 6.77. The van der Waals surface area contributed by atoms with Crippen LogP contribution in [0.15, 0.2) is 36.7 Å². The molecule has 108 valence electrons. The van der Waals surface area contributed by atoms with Crippen LogP contribution in [0.5, 0.6) is 0 Å². The van der Waals surface area contributed by atoms with Crippen LogP contribution in [0.3, 0.4) is 0 Å². The molecule has 1 atom stereocenters. The van der Waals surface area contributed by atoms with Gasteiger partial charge in [0.25, 0.3) is 0 Å². The second-order valence-corrected chi connectivity index (χ2v) is 4.99. The van der Waals surface area contributed by atoms with Gasteiger partial charge in [0.15, 0.2) is 0 Å². The summed E-state index contributed by atoms with van der Waals surface area (Å²) >= 11 is 0. The number of benzene rings is 1. The highest BCUT2D eigenvalue weighted by atomic mass is 16.3. The minimum Gasteiger partial charge on any atom is -0.386 e. The molecule has 0 saturated heterocycles. The molecule has 1 unspecified atom stereocenters. The van der Waals surface area contributed by atoms with Crippen molar-refractivity contribution in [2.75, 3.05) is 11.9 Å². The number of hydrogen-bond donors (Lipinski definition) is 2. The molecule has 0 aliphatic heterocycles. The van der Waals surface area contributed by atoms with E-state index in [0.29, 0.717) is 12.4 Å². The number of para-hydroxylation sites is 2. The first kappa shape index (κ1) is 13.5. The fourth-order valence-corrected chi connectivity index (χ4v) is 2.18. The van der Waals surface area contributed by atoms with E-state index in [1.54, 1.807) is 17.1 Å². The quantitative estimate of drug-likeness (QED) is 0.764. The van der Waals surface area contributed by atoms with Crippen LogP contribution in [-0.2, 0) is 7.05 Å². The molecule has 0 spiro atoms. The number of anilines is 1. The lowest BCUT2D eigenvalue weighted by Gasteiger charge is -2.12. The van der Waals surface area contributed by atoms with Crippen molar-refractivity contribution < 1.29 is 5.11 Å². The lowest BCUT2D eigenvalue weighted by atomic mass is 10.2. The summed E-state index contributed by atoms with van der Waals surface area (Å²) in [6.07, 6.45) is 2.82. The number of aryl methyl sites for hydroxylation is 2. The van der Waals surface area contributed by atoms with E-state index < -0.39 is 6.10 Å². The molecule has 0 fully saturated rings. The lowest BCUT2D eigenvalue weighted by Crippen LogP contribution is -2.14. The summed E-state index contributed by atoms with van der Waals surface area (Å²) in [5.41, 5.74) is 3.29. The summed E-state index contributed by atoms with van der Waals surface area (Å²) in [4.78, 5) is 9.05. The van der Waals surface area contributed by atoms with Crippen molar-refractivity contribution in [1.29, 1.82) is 0 Å². The summed E-state index contributed by atoms with van der Waals surface area (Å²) in [5, 5.41) is 17.3. The van der Waals surface area contributed by atoms with Crippen molar-refractivity contribution in [3.63, 3.8) is 0 Å². The molecule has 2 N–H and O–H groups in total. The molecule has 0 bridgehead atoms. The molecule has 0 aliphatic rings. The summed E-state index contributed by atoms with van der Waals surface area (Å²) in [6, 6.07) is 7.73. The third kappa shape index (κ3) is 2.85. The predicted octanol–water partition coefficient (Wildman–Crippen LogP) is 1.82. The molecule has 2 aromatic heterocycles. The summed E-state index contributed by atoms with van der Waals surface area (Å²) in [6.45, 7) is 2.26. The summed E-state index contributed by atoms with van der Waals surface area (Å²) in [7, 11) is 1.82. The zero-order valence-electron chi connectivity index (χ0n) is 12.0. The standard InChI is InChI=1S/C15H17N5O/c1-10-15(19-13-6-4-3-5-12(13)18-10)16-8-14(21)11-7-17-20(2)9-11/h3-7,9,14,21H,8H2,1-2H3,(H,16,19). The highest BCUT2D eigenvalue weighted by molar-refractivity contribution is 5.76. The Morgan fingerprint density at radius 2 is 1.95 bits per heavy atom. The Morgan fingerprint density at radius 3 is 2.62 bits per heavy atom. The molecule has 0 amide bonds. The number of aliphatic hydroxyl groups excluding tert-OH is 1. The highest BCUT2D eigenvalue weighted by Crippen LogP contribution is 2.17. The minimum absolute atomic E-state index is 0.361. The molecular formula is C15H17N5O. The predicted molar refractivity (Wildman–Crippen MR) is 80.9 cm³/mol.